The summed E-state index contributed by atoms with van der Waals surface area (Å²) in [7, 11) is -2.48. The quantitative estimate of drug-likeness (QED) is 0.641. The summed E-state index contributed by atoms with van der Waals surface area (Å²) in [5, 5.41) is 19.7. The van der Waals surface area contributed by atoms with Crippen molar-refractivity contribution in [3.8, 4) is 6.07 Å². The summed E-state index contributed by atoms with van der Waals surface area (Å²) in [6.07, 6.45) is 0. The van der Waals surface area contributed by atoms with Gasteiger partial charge in [0, 0.05) is 19.7 Å². The van der Waals surface area contributed by atoms with Crippen LogP contribution in [-0.2, 0) is 10.2 Å². The van der Waals surface area contributed by atoms with Crippen LogP contribution in [0, 0.1) is 21.4 Å². The minimum atomic E-state index is -3.83. The third-order valence-electron chi connectivity index (χ3n) is 2.45. The van der Waals surface area contributed by atoms with Gasteiger partial charge in [0.25, 0.3) is 5.69 Å². The highest BCUT2D eigenvalue weighted by Gasteiger charge is 2.22. The summed E-state index contributed by atoms with van der Waals surface area (Å²) in [5.41, 5.74) is -0.876. The molecular formula is C10H12N4O4S. The van der Waals surface area contributed by atoms with E-state index in [0.717, 1.165) is 10.4 Å². The second-order valence-corrected chi connectivity index (χ2v) is 5.37. The van der Waals surface area contributed by atoms with Crippen LogP contribution >= 0.6 is 0 Å². The molecule has 0 amide bonds. The molecule has 1 N–H and O–H groups in total. The van der Waals surface area contributed by atoms with Gasteiger partial charge < -0.3 is 0 Å². The van der Waals surface area contributed by atoms with Gasteiger partial charge in [-0.2, -0.15) is 18.0 Å². The van der Waals surface area contributed by atoms with E-state index in [1.165, 1.54) is 19.2 Å². The van der Waals surface area contributed by atoms with E-state index in [1.807, 2.05) is 0 Å². The first-order chi connectivity index (χ1) is 8.83. The Morgan fingerprint density at radius 3 is 2.63 bits per heavy atom. The average Bonchev–Trinajstić information content (AvgIpc) is 2.36. The summed E-state index contributed by atoms with van der Waals surface area (Å²) < 4.78 is 26.8. The van der Waals surface area contributed by atoms with Crippen LogP contribution in [0.2, 0.25) is 0 Å². The third kappa shape index (κ3) is 3.18. The molecule has 0 saturated heterocycles. The molecule has 102 valence electrons. The van der Waals surface area contributed by atoms with E-state index in [0.29, 0.717) is 0 Å². The van der Waals surface area contributed by atoms with Gasteiger partial charge in [-0.1, -0.05) is 13.0 Å². The molecule has 0 radical (unpaired) electrons. The molecule has 1 aromatic carbocycles. The molecule has 0 fully saturated rings. The Morgan fingerprint density at radius 2 is 2.16 bits per heavy atom. The highest BCUT2D eigenvalue weighted by Crippen LogP contribution is 2.26. The minimum Gasteiger partial charge on any atom is -0.269 e. The SMILES string of the molecule is CCN(C)S(=O)(=O)Nc1cccc([N+](=O)[O-])c1C#N. The number of nitro benzene ring substituents is 1. The van der Waals surface area contributed by atoms with Crippen LogP contribution in [-0.4, -0.2) is 31.2 Å². The maximum Gasteiger partial charge on any atom is 0.301 e. The van der Waals surface area contributed by atoms with Crippen LogP contribution in [0.5, 0.6) is 0 Å². The van der Waals surface area contributed by atoms with Gasteiger partial charge >= 0.3 is 10.2 Å². The van der Waals surface area contributed by atoms with Gasteiger partial charge in [0.05, 0.1) is 10.6 Å². The Labute approximate surface area is 110 Å². The number of hydrogen-bond acceptors (Lipinski definition) is 5. The van der Waals surface area contributed by atoms with E-state index in [1.54, 1.807) is 13.0 Å². The number of nitrogens with zero attached hydrogens (tertiary/aromatic N) is 3. The zero-order valence-corrected chi connectivity index (χ0v) is 11.1. The predicted molar refractivity (Wildman–Crippen MR) is 68.7 cm³/mol. The van der Waals surface area contributed by atoms with Gasteiger partial charge in [0.1, 0.15) is 6.07 Å². The van der Waals surface area contributed by atoms with Crippen LogP contribution in [0.15, 0.2) is 18.2 Å². The maximum absolute atomic E-state index is 11.8. The summed E-state index contributed by atoms with van der Waals surface area (Å²) in [6.45, 7) is 1.87. The van der Waals surface area contributed by atoms with E-state index in [4.69, 9.17) is 5.26 Å². The number of rotatable bonds is 5. The Hall–Kier alpha value is -2.18. The van der Waals surface area contributed by atoms with Crippen molar-refractivity contribution in [2.75, 3.05) is 18.3 Å². The standard InChI is InChI=1S/C10H12N4O4S/c1-3-13(2)19(17,18)12-9-5-4-6-10(14(15)16)8(9)7-11/h4-6,12H,3H2,1-2H3. The Balaban J connectivity index is 3.28. The largest absolute Gasteiger partial charge is 0.301 e. The van der Waals surface area contributed by atoms with Crippen molar-refractivity contribution in [3.63, 3.8) is 0 Å². The fourth-order valence-electron chi connectivity index (χ4n) is 1.28. The number of anilines is 1. The molecular weight excluding hydrogens is 272 g/mol. The van der Waals surface area contributed by atoms with Crippen molar-refractivity contribution in [3.05, 3.63) is 33.9 Å². The molecule has 0 heterocycles. The first-order valence-electron chi connectivity index (χ1n) is 5.25. The van der Waals surface area contributed by atoms with Crippen molar-refractivity contribution >= 4 is 21.6 Å². The number of nitro groups is 1. The fourth-order valence-corrected chi connectivity index (χ4v) is 2.23. The zero-order chi connectivity index (χ0) is 14.6. The summed E-state index contributed by atoms with van der Waals surface area (Å²) in [6, 6.07) is 5.38. The van der Waals surface area contributed by atoms with Crippen molar-refractivity contribution in [1.82, 2.24) is 4.31 Å². The second kappa shape index (κ2) is 5.64. The maximum atomic E-state index is 11.8. The lowest BCUT2D eigenvalue weighted by molar-refractivity contribution is -0.385. The summed E-state index contributed by atoms with van der Waals surface area (Å²) in [5.74, 6) is 0. The minimum absolute atomic E-state index is 0.114. The molecule has 9 heteroatoms. The molecule has 0 bridgehead atoms. The van der Waals surface area contributed by atoms with Crippen molar-refractivity contribution in [2.45, 2.75) is 6.92 Å². The third-order valence-corrected chi connectivity index (χ3v) is 4.00. The average molecular weight is 284 g/mol. The number of hydrogen-bond donors (Lipinski definition) is 1. The van der Waals surface area contributed by atoms with Crippen LogP contribution in [0.25, 0.3) is 0 Å². The first-order valence-corrected chi connectivity index (χ1v) is 6.69. The zero-order valence-electron chi connectivity index (χ0n) is 10.3. The fraction of sp³-hybridized carbons (Fsp3) is 0.300. The van der Waals surface area contributed by atoms with Gasteiger partial charge in [0.15, 0.2) is 5.56 Å². The Bertz CT molecular complexity index is 635. The number of nitriles is 1. The van der Waals surface area contributed by atoms with E-state index < -0.39 is 20.8 Å². The van der Waals surface area contributed by atoms with Crippen molar-refractivity contribution < 1.29 is 13.3 Å². The van der Waals surface area contributed by atoms with E-state index in [9.17, 15) is 18.5 Å². The molecule has 0 spiro atoms. The Kier molecular flexibility index (Phi) is 4.42. The van der Waals surface area contributed by atoms with E-state index in [-0.39, 0.29) is 17.8 Å². The summed E-state index contributed by atoms with van der Waals surface area (Å²) in [4.78, 5) is 10.0. The molecule has 8 nitrogen and oxygen atoms in total. The summed E-state index contributed by atoms with van der Waals surface area (Å²) >= 11 is 0. The van der Waals surface area contributed by atoms with Crippen molar-refractivity contribution in [1.29, 1.82) is 5.26 Å². The monoisotopic (exact) mass is 284 g/mol. The van der Waals surface area contributed by atoms with Gasteiger partial charge in [-0.05, 0) is 6.07 Å². The normalized spacial score (nSPS) is 11.1. The molecule has 19 heavy (non-hydrogen) atoms. The molecule has 0 saturated carbocycles. The van der Waals surface area contributed by atoms with Crippen molar-refractivity contribution in [2.24, 2.45) is 0 Å². The van der Waals surface area contributed by atoms with Crippen LogP contribution in [0.4, 0.5) is 11.4 Å². The van der Waals surface area contributed by atoms with E-state index >= 15 is 0 Å². The van der Waals surface area contributed by atoms with Crippen LogP contribution in [0.3, 0.4) is 0 Å². The Morgan fingerprint density at radius 1 is 1.53 bits per heavy atom. The van der Waals surface area contributed by atoms with Gasteiger partial charge in [-0.25, -0.2) is 0 Å². The van der Waals surface area contributed by atoms with Crippen LogP contribution in [0.1, 0.15) is 12.5 Å². The van der Waals surface area contributed by atoms with Gasteiger partial charge in [0.2, 0.25) is 0 Å². The molecule has 0 unspecified atom stereocenters. The van der Waals surface area contributed by atoms with Gasteiger partial charge in [-0.3, -0.25) is 14.8 Å². The van der Waals surface area contributed by atoms with E-state index in [2.05, 4.69) is 4.72 Å². The molecule has 0 atom stereocenters. The highest BCUT2D eigenvalue weighted by atomic mass is 32.2. The van der Waals surface area contributed by atoms with Crippen LogP contribution < -0.4 is 4.72 Å². The number of nitrogens with one attached hydrogen (secondary N) is 1. The van der Waals surface area contributed by atoms with Gasteiger partial charge in [-0.15, -0.1) is 0 Å². The molecule has 1 rings (SSSR count). The molecule has 0 aromatic heterocycles. The lowest BCUT2D eigenvalue weighted by Crippen LogP contribution is -2.32. The topological polar surface area (TPSA) is 116 Å². The molecule has 0 aliphatic carbocycles. The lowest BCUT2D eigenvalue weighted by atomic mass is 10.1. The predicted octanol–water partition coefficient (Wildman–Crippen LogP) is 1.07. The molecule has 0 aliphatic rings. The molecule has 1 aromatic rings. The highest BCUT2D eigenvalue weighted by molar-refractivity contribution is 7.90. The first kappa shape index (κ1) is 14.9. The second-order valence-electron chi connectivity index (χ2n) is 3.59. The molecule has 0 aliphatic heterocycles. The smallest absolute Gasteiger partial charge is 0.269 e. The number of benzene rings is 1. The lowest BCUT2D eigenvalue weighted by Gasteiger charge is -2.16.